The molecule has 3 rings (SSSR count). The zero-order valence-corrected chi connectivity index (χ0v) is 16.6. The molecule has 1 N–H and O–H groups in total. The minimum atomic E-state index is -4.49. The molecule has 9 heteroatoms. The molecule has 2 atom stereocenters. The van der Waals surface area contributed by atoms with Crippen molar-refractivity contribution >= 4 is 5.97 Å². The number of carbonyl (C=O) groups is 1. The van der Waals surface area contributed by atoms with E-state index in [9.17, 15) is 36.2 Å². The Bertz CT molecular complexity index is 936. The minimum Gasteiger partial charge on any atom is -0.481 e. The number of rotatable bonds is 4. The van der Waals surface area contributed by atoms with Crippen molar-refractivity contribution in [3.05, 3.63) is 59.2 Å². The first-order valence-electron chi connectivity index (χ1n) is 9.68. The van der Waals surface area contributed by atoms with E-state index in [0.29, 0.717) is 35.1 Å². The molecule has 2 aromatic carbocycles. The number of carboxylic acid groups (broad SMARTS) is 1. The Labute approximate surface area is 175 Å². The van der Waals surface area contributed by atoms with Crippen LogP contribution in [-0.2, 0) is 17.4 Å². The van der Waals surface area contributed by atoms with Crippen LogP contribution in [0.3, 0.4) is 0 Å². The highest BCUT2D eigenvalue weighted by Crippen LogP contribution is 2.41. The maximum atomic E-state index is 13.4. The molecule has 0 aromatic heterocycles. The molecule has 31 heavy (non-hydrogen) atoms. The van der Waals surface area contributed by atoms with Crippen molar-refractivity contribution in [1.29, 1.82) is 0 Å². The molecule has 3 nitrogen and oxygen atoms in total. The van der Waals surface area contributed by atoms with Crippen LogP contribution in [0.15, 0.2) is 42.5 Å². The molecule has 2 aromatic rings. The Morgan fingerprint density at radius 1 is 1.00 bits per heavy atom. The number of aliphatic carboxylic acids is 1. The van der Waals surface area contributed by atoms with Gasteiger partial charge in [-0.1, -0.05) is 24.3 Å². The van der Waals surface area contributed by atoms with Gasteiger partial charge in [0.15, 0.2) is 0 Å². The van der Waals surface area contributed by atoms with E-state index in [1.807, 2.05) is 0 Å². The van der Waals surface area contributed by atoms with Crippen molar-refractivity contribution in [2.45, 2.75) is 50.1 Å². The fraction of sp³-hybridized carbons (Fsp3) is 0.409. The Kier molecular flexibility index (Phi) is 6.36. The number of piperidine rings is 1. The number of nitrogens with zero attached hydrogens (tertiary/aromatic N) is 1. The summed E-state index contributed by atoms with van der Waals surface area (Å²) in [6, 6.07) is 6.95. The molecule has 0 spiro atoms. The molecule has 2 unspecified atom stereocenters. The second-order valence-corrected chi connectivity index (χ2v) is 7.78. The summed E-state index contributed by atoms with van der Waals surface area (Å²) in [6.07, 6.45) is -8.42. The van der Waals surface area contributed by atoms with Gasteiger partial charge in [0.1, 0.15) is 6.04 Å². The third kappa shape index (κ3) is 5.39. The molecule has 1 fully saturated rings. The fourth-order valence-corrected chi connectivity index (χ4v) is 4.13. The number of halogens is 6. The van der Waals surface area contributed by atoms with Crippen LogP contribution >= 0.6 is 0 Å². The maximum absolute atomic E-state index is 13.4. The van der Waals surface area contributed by atoms with Gasteiger partial charge in [0.25, 0.3) is 0 Å². The average Bonchev–Trinajstić information content (AvgIpc) is 2.66. The van der Waals surface area contributed by atoms with Gasteiger partial charge in [-0.05, 0) is 66.8 Å². The number of carboxylic acids is 1. The molecule has 1 heterocycles. The molecule has 0 amide bonds. The van der Waals surface area contributed by atoms with E-state index in [1.54, 1.807) is 18.2 Å². The van der Waals surface area contributed by atoms with Crippen molar-refractivity contribution in [1.82, 2.24) is 4.90 Å². The highest BCUT2D eigenvalue weighted by Gasteiger charge is 2.46. The summed E-state index contributed by atoms with van der Waals surface area (Å²) < 4.78 is 78.7. The predicted molar refractivity (Wildman–Crippen MR) is 102 cm³/mol. The van der Waals surface area contributed by atoms with Crippen molar-refractivity contribution in [3.8, 4) is 11.1 Å². The Hall–Kier alpha value is -2.55. The Morgan fingerprint density at radius 2 is 1.65 bits per heavy atom. The van der Waals surface area contributed by atoms with Crippen LogP contribution < -0.4 is 0 Å². The summed E-state index contributed by atoms with van der Waals surface area (Å²) in [4.78, 5) is 12.5. The van der Waals surface area contributed by atoms with Crippen LogP contribution in [0.4, 0.5) is 26.3 Å². The summed E-state index contributed by atoms with van der Waals surface area (Å²) in [5.74, 6) is -1.11. The molecule has 1 aliphatic rings. The number of hydrogen-bond acceptors (Lipinski definition) is 2. The second kappa shape index (κ2) is 8.53. The molecule has 0 saturated carbocycles. The zero-order valence-electron chi connectivity index (χ0n) is 16.6. The maximum Gasteiger partial charge on any atom is 0.416 e. The van der Waals surface area contributed by atoms with E-state index in [1.165, 1.54) is 24.1 Å². The quantitative estimate of drug-likeness (QED) is 0.580. The molecule has 1 saturated heterocycles. The lowest BCUT2D eigenvalue weighted by atomic mass is 9.88. The molecule has 0 radical (unpaired) electrons. The highest BCUT2D eigenvalue weighted by atomic mass is 19.4. The van der Waals surface area contributed by atoms with Crippen LogP contribution in [-0.4, -0.2) is 35.2 Å². The molecule has 0 aliphatic carbocycles. The van der Waals surface area contributed by atoms with Crippen LogP contribution in [0.1, 0.15) is 42.0 Å². The average molecular weight is 445 g/mol. The van der Waals surface area contributed by atoms with Gasteiger partial charge in [0.2, 0.25) is 0 Å². The van der Waals surface area contributed by atoms with Crippen LogP contribution in [0.25, 0.3) is 11.1 Å². The summed E-state index contributed by atoms with van der Waals surface area (Å²) in [5.41, 5.74) is 0.961. The lowest BCUT2D eigenvalue weighted by Gasteiger charge is -2.40. The molecule has 1 aliphatic heterocycles. The summed E-state index contributed by atoms with van der Waals surface area (Å²) in [6.45, 7) is 0. The second-order valence-electron chi connectivity index (χ2n) is 7.78. The standard InChI is InChI=1S/C22H21F6NO2/c1-29-18(3-2-4-19(29)22(26,27)28)16-10-13(11-20(30)31)9-15(12-16)14-5-7-17(8-6-14)21(23,24)25/h5-10,12,18-19H,2-4,11H2,1H3,(H,30,31). The van der Waals surface area contributed by atoms with E-state index >= 15 is 0 Å². The summed E-state index contributed by atoms with van der Waals surface area (Å²) in [7, 11) is 1.39. The number of likely N-dealkylation sites (tertiary alicyclic amines) is 1. The molecular weight excluding hydrogens is 424 g/mol. The molecule has 168 valence electrons. The SMILES string of the molecule is CN1C(c2cc(CC(=O)O)cc(-c3ccc(C(F)(F)F)cc3)c2)CCCC1C(F)(F)F. The lowest BCUT2D eigenvalue weighted by Crippen LogP contribution is -2.47. The van der Waals surface area contributed by atoms with Crippen molar-refractivity contribution < 1.29 is 36.2 Å². The van der Waals surface area contributed by atoms with Gasteiger partial charge in [-0.15, -0.1) is 0 Å². The first kappa shape index (κ1) is 23.1. The molecule has 0 bridgehead atoms. The third-order valence-electron chi connectivity index (χ3n) is 5.62. The third-order valence-corrected chi connectivity index (χ3v) is 5.62. The van der Waals surface area contributed by atoms with Crippen LogP contribution in [0.2, 0.25) is 0 Å². The van der Waals surface area contributed by atoms with Gasteiger partial charge >= 0.3 is 18.3 Å². The smallest absolute Gasteiger partial charge is 0.416 e. The van der Waals surface area contributed by atoms with Gasteiger partial charge in [-0.25, -0.2) is 0 Å². The van der Waals surface area contributed by atoms with E-state index in [0.717, 1.165) is 12.1 Å². The van der Waals surface area contributed by atoms with Gasteiger partial charge in [0.05, 0.1) is 12.0 Å². The lowest BCUT2D eigenvalue weighted by molar-refractivity contribution is -0.194. The highest BCUT2D eigenvalue weighted by molar-refractivity contribution is 5.73. The number of benzene rings is 2. The van der Waals surface area contributed by atoms with Gasteiger partial charge in [-0.3, -0.25) is 9.69 Å². The largest absolute Gasteiger partial charge is 0.481 e. The number of alkyl halides is 6. The summed E-state index contributed by atoms with van der Waals surface area (Å²) in [5, 5.41) is 9.17. The predicted octanol–water partition coefficient (Wildman–Crippen LogP) is 6.09. The Morgan fingerprint density at radius 3 is 2.19 bits per heavy atom. The monoisotopic (exact) mass is 445 g/mol. The number of hydrogen-bond donors (Lipinski definition) is 1. The first-order valence-corrected chi connectivity index (χ1v) is 9.68. The summed E-state index contributed by atoms with van der Waals surface area (Å²) >= 11 is 0. The van der Waals surface area contributed by atoms with Crippen molar-refractivity contribution in [3.63, 3.8) is 0 Å². The van der Waals surface area contributed by atoms with Crippen LogP contribution in [0.5, 0.6) is 0 Å². The Balaban J connectivity index is 2.02. The van der Waals surface area contributed by atoms with E-state index in [4.69, 9.17) is 0 Å². The minimum absolute atomic E-state index is 0.0168. The normalized spacial score (nSPS) is 20.6. The fourth-order valence-electron chi connectivity index (χ4n) is 4.13. The van der Waals surface area contributed by atoms with Crippen molar-refractivity contribution in [2.75, 3.05) is 7.05 Å². The first-order chi connectivity index (χ1) is 14.4. The zero-order chi connectivity index (χ0) is 23.0. The van der Waals surface area contributed by atoms with Gasteiger partial charge in [0, 0.05) is 6.04 Å². The van der Waals surface area contributed by atoms with Crippen molar-refractivity contribution in [2.24, 2.45) is 0 Å². The van der Waals surface area contributed by atoms with Crippen LogP contribution in [0, 0.1) is 0 Å². The van der Waals surface area contributed by atoms with E-state index in [2.05, 4.69) is 0 Å². The van der Waals surface area contributed by atoms with E-state index in [-0.39, 0.29) is 12.8 Å². The van der Waals surface area contributed by atoms with E-state index < -0.39 is 36.0 Å². The van der Waals surface area contributed by atoms with Gasteiger partial charge in [-0.2, -0.15) is 26.3 Å². The van der Waals surface area contributed by atoms with Gasteiger partial charge < -0.3 is 5.11 Å². The topological polar surface area (TPSA) is 40.5 Å². The molecular formula is C22H21F6NO2.